The van der Waals surface area contributed by atoms with Crippen molar-refractivity contribution in [1.29, 1.82) is 0 Å². The van der Waals surface area contributed by atoms with Crippen LogP contribution >= 0.6 is 43.2 Å². The number of piperazine rings is 2. The van der Waals surface area contributed by atoms with Crippen LogP contribution in [0.15, 0.2) is 48.5 Å². The Balaban J connectivity index is 1.37. The molecule has 2 aromatic rings. The fourth-order valence-corrected chi connectivity index (χ4v) is 19.2. The van der Waals surface area contributed by atoms with Crippen LogP contribution in [0, 0.1) is 0 Å². The number of anilines is 1. The van der Waals surface area contributed by atoms with E-state index in [9.17, 15) is 14.7 Å². The summed E-state index contributed by atoms with van der Waals surface area (Å²) in [5.74, 6) is -1.35. The number of amides is 5. The topological polar surface area (TPSA) is 143 Å². The van der Waals surface area contributed by atoms with Crippen LogP contribution in [0.25, 0.3) is 0 Å². The first-order valence-electron chi connectivity index (χ1n) is 17.7. The third kappa shape index (κ3) is 3.16. The lowest BCUT2D eigenvalue weighted by Gasteiger charge is -2.59. The van der Waals surface area contributed by atoms with Gasteiger partial charge in [-0.25, -0.2) is 4.79 Å². The van der Waals surface area contributed by atoms with Gasteiger partial charge in [-0.05, 0) is 63.6 Å². The molecule has 2 spiro atoms. The van der Waals surface area contributed by atoms with E-state index >= 15 is 14.4 Å². The first-order valence-corrected chi connectivity index (χ1v) is 22.0. The summed E-state index contributed by atoms with van der Waals surface area (Å²) >= 11 is 0. The molecule has 12 rings (SSSR count). The van der Waals surface area contributed by atoms with E-state index in [-0.39, 0.29) is 17.7 Å². The van der Waals surface area contributed by atoms with Gasteiger partial charge in [-0.1, -0.05) is 77.9 Å². The average molecular weight is 795 g/mol. The maximum absolute atomic E-state index is 15.3. The highest BCUT2D eigenvalue weighted by atomic mass is 33.1. The predicted octanol–water partition coefficient (Wildman–Crippen LogP) is 2.99. The van der Waals surface area contributed by atoms with Gasteiger partial charge in [0.15, 0.2) is 15.8 Å². The predicted molar refractivity (Wildman–Crippen MR) is 202 cm³/mol. The Morgan fingerprint density at radius 1 is 0.811 bits per heavy atom. The van der Waals surface area contributed by atoms with Crippen molar-refractivity contribution in [2.75, 3.05) is 33.5 Å². The zero-order valence-corrected chi connectivity index (χ0v) is 33.1. The molecule has 2 N–H and O–H groups in total. The zero-order chi connectivity index (χ0) is 37.4. The first kappa shape index (κ1) is 34.3. The summed E-state index contributed by atoms with van der Waals surface area (Å²) in [6.07, 6.45) is -3.79. The van der Waals surface area contributed by atoms with Gasteiger partial charge in [0, 0.05) is 33.9 Å². The normalized spacial score (nSPS) is 42.3. The van der Waals surface area contributed by atoms with E-state index in [2.05, 4.69) is 5.32 Å². The van der Waals surface area contributed by atoms with Crippen molar-refractivity contribution in [3.05, 3.63) is 65.2 Å². The molecule has 0 unspecified atom stereocenters. The molecule has 8 saturated heterocycles. The lowest BCUT2D eigenvalue weighted by molar-refractivity contribution is -0.168. The van der Waals surface area contributed by atoms with E-state index in [1.807, 2.05) is 62.4 Å². The van der Waals surface area contributed by atoms with Crippen molar-refractivity contribution >= 4 is 78.6 Å². The number of fused-ring (bicyclic) bond motifs is 11. The SMILES string of the molecule is CC[C@@]12SS[C@]3(C(=O)N1C)[C@@H](O)[C@]1([C@@]45c6ccccc6N[C@@H]4N4C(=O)[C@]6(CC)SS[C@]4(C(=O)N6C)[C@H]5OC(=O)N(C)C)c4ccccc4C[C@@H]1N3C2=O. The molecule has 0 saturated carbocycles. The Bertz CT molecular complexity index is 2110. The molecule has 4 bridgehead atoms. The third-order valence-electron chi connectivity index (χ3n) is 13.6. The maximum Gasteiger partial charge on any atom is 0.409 e. The average Bonchev–Trinajstić information content (AvgIpc) is 3.81. The first-order chi connectivity index (χ1) is 25.3. The third-order valence-corrected chi connectivity index (χ3v) is 21.2. The molecule has 9 heterocycles. The van der Waals surface area contributed by atoms with E-state index in [0.29, 0.717) is 36.1 Å². The molecule has 2 aromatic carbocycles. The second-order valence-corrected chi connectivity index (χ2v) is 20.6. The van der Waals surface area contributed by atoms with Gasteiger partial charge < -0.3 is 34.8 Å². The van der Waals surface area contributed by atoms with Crippen molar-refractivity contribution in [1.82, 2.24) is 24.5 Å². The van der Waals surface area contributed by atoms with Crippen LogP contribution < -0.4 is 5.32 Å². The van der Waals surface area contributed by atoms with Gasteiger partial charge in [-0.3, -0.25) is 24.1 Å². The number of carbonyl (C=O) groups excluding carboxylic acids is 5. The van der Waals surface area contributed by atoms with Crippen LogP contribution in [-0.2, 0) is 41.2 Å². The number of nitrogens with one attached hydrogen (secondary N) is 1. The Morgan fingerprint density at radius 3 is 2.02 bits per heavy atom. The van der Waals surface area contributed by atoms with E-state index in [0.717, 1.165) is 5.56 Å². The van der Waals surface area contributed by atoms with Crippen molar-refractivity contribution in [3.8, 4) is 0 Å². The van der Waals surface area contributed by atoms with Gasteiger partial charge in [0.05, 0.1) is 16.9 Å². The smallest absolute Gasteiger partial charge is 0.409 e. The maximum atomic E-state index is 15.3. The molecule has 8 fully saturated rings. The van der Waals surface area contributed by atoms with Gasteiger partial charge in [0.2, 0.25) is 9.74 Å². The number of nitrogens with zero attached hydrogens (tertiary/aromatic N) is 5. The van der Waals surface area contributed by atoms with Crippen molar-refractivity contribution in [2.45, 2.75) is 87.8 Å². The van der Waals surface area contributed by atoms with Crippen LogP contribution in [0.1, 0.15) is 43.4 Å². The summed E-state index contributed by atoms with van der Waals surface area (Å²) in [5, 5.41) is 17.4. The number of hydrogen-bond donors (Lipinski definition) is 2. The van der Waals surface area contributed by atoms with Crippen molar-refractivity contribution < 1.29 is 33.8 Å². The minimum atomic E-state index is -1.78. The molecule has 5 amide bonds. The summed E-state index contributed by atoms with van der Waals surface area (Å²) in [6, 6.07) is 14.4. The molecule has 0 radical (unpaired) electrons. The Morgan fingerprint density at radius 2 is 1.38 bits per heavy atom. The number of ether oxygens (including phenoxy) is 1. The van der Waals surface area contributed by atoms with E-state index in [1.54, 1.807) is 38.0 Å². The van der Waals surface area contributed by atoms with Crippen LogP contribution in [-0.4, -0.2) is 131 Å². The fourth-order valence-electron chi connectivity index (χ4n) is 11.3. The molecule has 0 aromatic heterocycles. The van der Waals surface area contributed by atoms with E-state index in [1.165, 1.54) is 57.9 Å². The van der Waals surface area contributed by atoms with Gasteiger partial charge >= 0.3 is 6.09 Å². The number of para-hydroxylation sites is 1. The zero-order valence-electron chi connectivity index (χ0n) is 29.8. The van der Waals surface area contributed by atoms with Gasteiger partial charge in [0.1, 0.15) is 12.3 Å². The van der Waals surface area contributed by atoms with Crippen molar-refractivity contribution in [2.24, 2.45) is 0 Å². The quantitative estimate of drug-likeness (QED) is 0.440. The summed E-state index contributed by atoms with van der Waals surface area (Å²) in [5.41, 5.74) is -0.361. The summed E-state index contributed by atoms with van der Waals surface area (Å²) < 4.78 is 6.74. The van der Waals surface area contributed by atoms with Gasteiger partial charge in [0.25, 0.3) is 23.6 Å². The van der Waals surface area contributed by atoms with Crippen molar-refractivity contribution in [3.63, 3.8) is 0 Å². The van der Waals surface area contributed by atoms with E-state index < -0.39 is 66.7 Å². The highest BCUT2D eigenvalue weighted by Crippen LogP contribution is 2.79. The van der Waals surface area contributed by atoms with Crippen LogP contribution in [0.2, 0.25) is 0 Å². The number of hydrogen-bond acceptors (Lipinski definition) is 12. The lowest BCUT2D eigenvalue weighted by Crippen LogP contribution is -2.78. The minimum absolute atomic E-state index is 0.268. The Kier molecular flexibility index (Phi) is 6.67. The largest absolute Gasteiger partial charge is 0.441 e. The Labute approximate surface area is 322 Å². The molecular formula is C36H38N6O7S4. The number of aliphatic hydroxyl groups is 1. The standard InChI is InChI=1S/C36H38N6O7S4/c1-7-31-26(44)41-22-17-18-13-9-10-14-19(18)33(22,23(43)35(41,52-50-31)28(46)39(31)5)34-20-15-11-12-16-21(20)37-25(34)42-27(45)32(8-2)40(6)29(47)36(42,53-51-32)24(34)49-30(48)38(3)4/h9-16,22-25,37,43H,7-8,17H2,1-6H3/t22-,23-,24-,25+,31-,32-,33-,34+,35-,36-/m0/s1. The molecule has 10 atom stereocenters. The monoisotopic (exact) mass is 794 g/mol. The highest BCUT2D eigenvalue weighted by molar-refractivity contribution is 8.78. The molecule has 10 aliphatic rings. The van der Waals surface area contributed by atoms with Gasteiger partial charge in [-0.15, -0.1) is 0 Å². The fraction of sp³-hybridized carbons (Fsp3) is 0.528. The summed E-state index contributed by atoms with van der Waals surface area (Å²) in [6.45, 7) is 3.76. The number of benzene rings is 2. The Hall–Kier alpha value is -3.25. The molecule has 13 nitrogen and oxygen atoms in total. The van der Waals surface area contributed by atoms with Crippen LogP contribution in [0.5, 0.6) is 0 Å². The molecular weight excluding hydrogens is 757 g/mol. The lowest BCUT2D eigenvalue weighted by atomic mass is 9.51. The number of aliphatic hydroxyl groups excluding tert-OH is 1. The second kappa shape index (κ2) is 10.3. The van der Waals surface area contributed by atoms with Crippen LogP contribution in [0.3, 0.4) is 0 Å². The summed E-state index contributed by atoms with van der Waals surface area (Å²) in [7, 11) is 11.4. The van der Waals surface area contributed by atoms with E-state index in [4.69, 9.17) is 4.74 Å². The molecule has 9 aliphatic heterocycles. The van der Waals surface area contributed by atoms with Gasteiger partial charge in [-0.2, -0.15) is 0 Å². The molecule has 1 aliphatic carbocycles. The van der Waals surface area contributed by atoms with Crippen LogP contribution in [0.4, 0.5) is 10.5 Å². The number of likely N-dealkylation sites (N-methyl/N-ethyl adjacent to an activating group) is 2. The molecule has 278 valence electrons. The number of carbonyl (C=O) groups is 5. The molecule has 17 heteroatoms. The summed E-state index contributed by atoms with van der Waals surface area (Å²) in [4.78, 5) is 76.5. The second-order valence-electron chi connectivity index (χ2n) is 15.3. The highest BCUT2D eigenvalue weighted by Gasteiger charge is 2.93. The minimum Gasteiger partial charge on any atom is -0.441 e. The molecule has 53 heavy (non-hydrogen) atoms. The number of rotatable bonds is 4.